The lowest BCUT2D eigenvalue weighted by molar-refractivity contribution is -0.122. The SMILES string of the molecule is CC(C)c1cc(NC(=O)C2(N)CCCCC2)n[nH]1. The van der Waals surface area contributed by atoms with E-state index in [2.05, 4.69) is 29.4 Å². The van der Waals surface area contributed by atoms with Gasteiger partial charge in [0.05, 0.1) is 5.54 Å². The van der Waals surface area contributed by atoms with Crippen LogP contribution in [0.25, 0.3) is 0 Å². The average molecular weight is 250 g/mol. The number of nitrogens with one attached hydrogen (secondary N) is 2. The zero-order valence-corrected chi connectivity index (χ0v) is 11.1. The minimum absolute atomic E-state index is 0.107. The second-order valence-corrected chi connectivity index (χ2v) is 5.53. The van der Waals surface area contributed by atoms with Gasteiger partial charge in [0.2, 0.25) is 5.91 Å². The molecule has 0 aliphatic heterocycles. The first-order chi connectivity index (χ1) is 8.51. The Morgan fingerprint density at radius 1 is 1.44 bits per heavy atom. The molecule has 1 aliphatic carbocycles. The number of hydrogen-bond acceptors (Lipinski definition) is 3. The number of nitrogens with two attached hydrogens (primary N) is 1. The number of anilines is 1. The van der Waals surface area contributed by atoms with Crippen LogP contribution in [0.3, 0.4) is 0 Å². The quantitative estimate of drug-likeness (QED) is 0.768. The first-order valence-corrected chi connectivity index (χ1v) is 6.67. The summed E-state index contributed by atoms with van der Waals surface area (Å²) in [5, 5.41) is 9.83. The Hall–Kier alpha value is -1.36. The molecule has 0 atom stereocenters. The first-order valence-electron chi connectivity index (χ1n) is 6.67. The molecule has 1 amide bonds. The van der Waals surface area contributed by atoms with Crippen molar-refractivity contribution in [2.45, 2.75) is 57.4 Å². The summed E-state index contributed by atoms with van der Waals surface area (Å²) in [7, 11) is 0. The molecule has 4 N–H and O–H groups in total. The fraction of sp³-hybridized carbons (Fsp3) is 0.692. The van der Waals surface area contributed by atoms with Crippen molar-refractivity contribution in [3.63, 3.8) is 0 Å². The Morgan fingerprint density at radius 2 is 2.11 bits per heavy atom. The highest BCUT2D eigenvalue weighted by atomic mass is 16.2. The molecule has 5 heteroatoms. The van der Waals surface area contributed by atoms with Crippen LogP contribution in [0.1, 0.15) is 57.6 Å². The van der Waals surface area contributed by atoms with Crippen molar-refractivity contribution < 1.29 is 4.79 Å². The van der Waals surface area contributed by atoms with Gasteiger partial charge in [-0.1, -0.05) is 33.1 Å². The number of aromatic nitrogens is 2. The van der Waals surface area contributed by atoms with Crippen molar-refractivity contribution >= 4 is 11.7 Å². The molecular weight excluding hydrogens is 228 g/mol. The summed E-state index contributed by atoms with van der Waals surface area (Å²) in [6.07, 6.45) is 4.76. The predicted molar refractivity (Wildman–Crippen MR) is 71.3 cm³/mol. The zero-order chi connectivity index (χ0) is 13.2. The summed E-state index contributed by atoms with van der Waals surface area (Å²) in [5.74, 6) is 0.827. The van der Waals surface area contributed by atoms with Gasteiger partial charge in [-0.15, -0.1) is 0 Å². The van der Waals surface area contributed by atoms with Crippen molar-refractivity contribution in [2.24, 2.45) is 5.73 Å². The third kappa shape index (κ3) is 2.72. The average Bonchev–Trinajstić information content (AvgIpc) is 2.78. The van der Waals surface area contributed by atoms with Crippen molar-refractivity contribution in [3.8, 4) is 0 Å². The number of carbonyl (C=O) groups is 1. The molecule has 1 saturated carbocycles. The lowest BCUT2D eigenvalue weighted by atomic mass is 9.82. The van der Waals surface area contributed by atoms with Gasteiger partial charge >= 0.3 is 0 Å². The van der Waals surface area contributed by atoms with E-state index in [0.29, 0.717) is 11.7 Å². The second-order valence-electron chi connectivity index (χ2n) is 5.53. The molecule has 1 aliphatic rings. The fourth-order valence-electron chi connectivity index (χ4n) is 2.35. The summed E-state index contributed by atoms with van der Waals surface area (Å²) in [6.45, 7) is 4.15. The van der Waals surface area contributed by atoms with Gasteiger partial charge in [-0.2, -0.15) is 5.10 Å². The van der Waals surface area contributed by atoms with E-state index in [1.165, 1.54) is 6.42 Å². The van der Waals surface area contributed by atoms with E-state index in [-0.39, 0.29) is 5.91 Å². The topological polar surface area (TPSA) is 83.8 Å². The minimum Gasteiger partial charge on any atom is -0.317 e. The molecule has 1 aromatic rings. The maximum atomic E-state index is 12.2. The molecule has 0 spiro atoms. The van der Waals surface area contributed by atoms with Crippen LogP contribution in [0, 0.1) is 0 Å². The van der Waals surface area contributed by atoms with E-state index in [1.54, 1.807) is 0 Å². The van der Waals surface area contributed by atoms with Crippen molar-refractivity contribution in [1.82, 2.24) is 10.2 Å². The summed E-state index contributed by atoms with van der Waals surface area (Å²) in [6, 6.07) is 1.87. The Bertz CT molecular complexity index is 418. The van der Waals surface area contributed by atoms with Crippen LogP contribution in [0.5, 0.6) is 0 Å². The van der Waals surface area contributed by atoms with Crippen LogP contribution < -0.4 is 11.1 Å². The summed E-state index contributed by atoms with van der Waals surface area (Å²) >= 11 is 0. The Balaban J connectivity index is 2.01. The summed E-state index contributed by atoms with van der Waals surface area (Å²) in [5.41, 5.74) is 6.47. The van der Waals surface area contributed by atoms with Gasteiger partial charge in [-0.05, 0) is 18.8 Å². The maximum Gasteiger partial charge on any atom is 0.245 e. The molecule has 0 saturated heterocycles. The lowest BCUT2D eigenvalue weighted by Gasteiger charge is -2.31. The van der Waals surface area contributed by atoms with Crippen LogP contribution in [0.2, 0.25) is 0 Å². The maximum absolute atomic E-state index is 12.2. The highest BCUT2D eigenvalue weighted by Crippen LogP contribution is 2.27. The van der Waals surface area contributed by atoms with Gasteiger partial charge < -0.3 is 11.1 Å². The molecule has 0 aromatic carbocycles. The van der Waals surface area contributed by atoms with E-state index in [1.807, 2.05) is 6.07 Å². The van der Waals surface area contributed by atoms with Crippen LogP contribution in [-0.2, 0) is 4.79 Å². The van der Waals surface area contributed by atoms with Gasteiger partial charge in [-0.25, -0.2) is 0 Å². The van der Waals surface area contributed by atoms with E-state index < -0.39 is 5.54 Å². The number of nitrogens with zero attached hydrogens (tertiary/aromatic N) is 1. The van der Waals surface area contributed by atoms with E-state index in [9.17, 15) is 4.79 Å². The van der Waals surface area contributed by atoms with Crippen LogP contribution in [0.4, 0.5) is 5.82 Å². The Kier molecular flexibility index (Phi) is 3.71. The van der Waals surface area contributed by atoms with E-state index in [0.717, 1.165) is 31.4 Å². The molecule has 2 rings (SSSR count). The highest BCUT2D eigenvalue weighted by Gasteiger charge is 2.35. The van der Waals surface area contributed by atoms with Gasteiger partial charge in [0.25, 0.3) is 0 Å². The molecule has 100 valence electrons. The first kappa shape index (κ1) is 13.1. The minimum atomic E-state index is -0.713. The lowest BCUT2D eigenvalue weighted by Crippen LogP contribution is -2.52. The van der Waals surface area contributed by atoms with Crippen molar-refractivity contribution in [2.75, 3.05) is 5.32 Å². The fourth-order valence-corrected chi connectivity index (χ4v) is 2.35. The molecule has 18 heavy (non-hydrogen) atoms. The molecule has 5 nitrogen and oxygen atoms in total. The van der Waals surface area contributed by atoms with Gasteiger partial charge in [-0.3, -0.25) is 9.89 Å². The molecule has 0 radical (unpaired) electrons. The molecule has 0 bridgehead atoms. The number of hydrogen-bond donors (Lipinski definition) is 3. The van der Waals surface area contributed by atoms with Crippen molar-refractivity contribution in [1.29, 1.82) is 0 Å². The number of aromatic amines is 1. The zero-order valence-electron chi connectivity index (χ0n) is 11.1. The smallest absolute Gasteiger partial charge is 0.245 e. The third-order valence-corrected chi connectivity index (χ3v) is 3.66. The van der Waals surface area contributed by atoms with Gasteiger partial charge in [0.1, 0.15) is 0 Å². The number of carbonyl (C=O) groups excluding carboxylic acids is 1. The summed E-state index contributed by atoms with van der Waals surface area (Å²) < 4.78 is 0. The number of amides is 1. The molecular formula is C13H22N4O. The molecule has 0 unspecified atom stereocenters. The van der Waals surface area contributed by atoms with Gasteiger partial charge in [0, 0.05) is 11.8 Å². The molecule has 1 fully saturated rings. The largest absolute Gasteiger partial charge is 0.317 e. The highest BCUT2D eigenvalue weighted by molar-refractivity contribution is 5.97. The Labute approximate surface area is 108 Å². The van der Waals surface area contributed by atoms with Crippen molar-refractivity contribution in [3.05, 3.63) is 11.8 Å². The van der Waals surface area contributed by atoms with E-state index in [4.69, 9.17) is 5.73 Å². The Morgan fingerprint density at radius 3 is 2.67 bits per heavy atom. The predicted octanol–water partition coefficient (Wildman–Crippen LogP) is 2.13. The normalized spacial score (nSPS) is 18.9. The van der Waals surface area contributed by atoms with Crippen LogP contribution in [0.15, 0.2) is 6.07 Å². The monoisotopic (exact) mass is 250 g/mol. The summed E-state index contributed by atoms with van der Waals surface area (Å²) in [4.78, 5) is 12.2. The number of rotatable bonds is 3. The molecule has 1 aromatic heterocycles. The van der Waals surface area contributed by atoms with Crippen LogP contribution >= 0.6 is 0 Å². The third-order valence-electron chi connectivity index (χ3n) is 3.66. The second kappa shape index (κ2) is 5.10. The van der Waals surface area contributed by atoms with E-state index >= 15 is 0 Å². The van der Waals surface area contributed by atoms with Crippen LogP contribution in [-0.4, -0.2) is 21.6 Å². The molecule has 1 heterocycles. The van der Waals surface area contributed by atoms with Gasteiger partial charge in [0.15, 0.2) is 5.82 Å². The number of H-pyrrole nitrogens is 1. The standard InChI is InChI=1S/C13H22N4O/c1-9(2)10-8-11(17-16-10)15-12(18)13(14)6-4-3-5-7-13/h8-9H,3-7,14H2,1-2H3,(H2,15,16,17,18).